The Labute approximate surface area is 165 Å². The molecule has 1 spiro atoms. The molecule has 0 bridgehead atoms. The molecule has 1 aromatic carbocycles. The van der Waals surface area contributed by atoms with Crippen molar-refractivity contribution in [3.63, 3.8) is 0 Å². The number of aromatic nitrogens is 1. The van der Waals surface area contributed by atoms with E-state index >= 15 is 0 Å². The number of piperidine rings is 1. The van der Waals surface area contributed by atoms with Crippen LogP contribution in [0.15, 0.2) is 30.5 Å². The quantitative estimate of drug-likeness (QED) is 0.744. The Bertz CT molecular complexity index is 869. The lowest BCUT2D eigenvalue weighted by Crippen LogP contribution is -2.62. The van der Waals surface area contributed by atoms with Gasteiger partial charge in [-0.1, -0.05) is 6.07 Å². The van der Waals surface area contributed by atoms with Crippen molar-refractivity contribution in [2.45, 2.75) is 37.8 Å². The van der Waals surface area contributed by atoms with Crippen molar-refractivity contribution in [1.29, 1.82) is 0 Å². The third-order valence-electron chi connectivity index (χ3n) is 6.40. The molecule has 3 N–H and O–H groups in total. The van der Waals surface area contributed by atoms with E-state index in [4.69, 9.17) is 0 Å². The number of carbonyl (C=O) groups excluding carboxylic acids is 2. The van der Waals surface area contributed by atoms with Gasteiger partial charge >= 0.3 is 6.03 Å². The first kappa shape index (κ1) is 18.8. The molecule has 0 radical (unpaired) electrons. The van der Waals surface area contributed by atoms with Crippen LogP contribution in [0.4, 0.5) is 4.79 Å². The summed E-state index contributed by atoms with van der Waals surface area (Å²) in [7, 11) is 2.03. The number of nitrogens with one attached hydrogen (secondary N) is 3. The van der Waals surface area contributed by atoms with E-state index in [0.29, 0.717) is 25.9 Å². The molecule has 7 nitrogen and oxygen atoms in total. The summed E-state index contributed by atoms with van der Waals surface area (Å²) in [6, 6.07) is 8.08. The number of likely N-dealkylation sites (N-methyl/N-ethyl adjacent to an activating group) is 1. The van der Waals surface area contributed by atoms with Crippen LogP contribution in [0.3, 0.4) is 0 Å². The molecule has 3 amide bonds. The lowest BCUT2D eigenvalue weighted by atomic mass is 9.85. The minimum absolute atomic E-state index is 0.0619. The molecule has 4 rings (SSSR count). The van der Waals surface area contributed by atoms with Crippen LogP contribution < -0.4 is 10.6 Å². The van der Waals surface area contributed by atoms with Crippen molar-refractivity contribution in [2.24, 2.45) is 0 Å². The number of amides is 3. The number of benzene rings is 1. The predicted molar refractivity (Wildman–Crippen MR) is 109 cm³/mol. The van der Waals surface area contributed by atoms with Gasteiger partial charge in [-0.3, -0.25) is 9.69 Å². The summed E-state index contributed by atoms with van der Waals surface area (Å²) in [6.45, 7) is 4.83. The fraction of sp³-hybridized carbons (Fsp3) is 0.524. The minimum Gasteiger partial charge on any atom is -0.361 e. The van der Waals surface area contributed by atoms with Gasteiger partial charge in [-0.25, -0.2) is 4.79 Å². The van der Waals surface area contributed by atoms with E-state index in [1.807, 2.05) is 43.3 Å². The zero-order chi connectivity index (χ0) is 19.7. The second kappa shape index (κ2) is 7.47. The molecule has 150 valence electrons. The lowest BCUT2D eigenvalue weighted by Gasteiger charge is -2.45. The number of H-pyrrole nitrogens is 1. The third kappa shape index (κ3) is 3.35. The molecule has 7 heteroatoms. The van der Waals surface area contributed by atoms with Crippen molar-refractivity contribution >= 4 is 22.8 Å². The number of aromatic amines is 1. The van der Waals surface area contributed by atoms with Crippen LogP contribution in [0.2, 0.25) is 0 Å². The number of hydrogen-bond acceptors (Lipinski definition) is 3. The van der Waals surface area contributed by atoms with Gasteiger partial charge in [-0.05, 0) is 62.4 Å². The van der Waals surface area contributed by atoms with Crippen molar-refractivity contribution in [2.75, 3.05) is 33.2 Å². The number of rotatable bonds is 2. The summed E-state index contributed by atoms with van der Waals surface area (Å²) in [5, 5.41) is 7.29. The fourth-order valence-corrected chi connectivity index (χ4v) is 4.46. The molecule has 0 aliphatic carbocycles. The van der Waals surface area contributed by atoms with Gasteiger partial charge in [0, 0.05) is 37.9 Å². The lowest BCUT2D eigenvalue weighted by molar-refractivity contribution is -0.134. The Morgan fingerprint density at radius 2 is 2.00 bits per heavy atom. The van der Waals surface area contributed by atoms with Crippen LogP contribution in [-0.2, 0) is 4.79 Å². The van der Waals surface area contributed by atoms with Crippen LogP contribution in [0.25, 0.3) is 10.9 Å². The molecule has 2 aliphatic rings. The zero-order valence-electron chi connectivity index (χ0n) is 16.6. The maximum absolute atomic E-state index is 12.8. The van der Waals surface area contributed by atoms with Crippen molar-refractivity contribution in [3.05, 3.63) is 36.0 Å². The van der Waals surface area contributed by atoms with Crippen LogP contribution in [0.5, 0.6) is 0 Å². The van der Waals surface area contributed by atoms with E-state index < -0.39 is 5.54 Å². The average molecular weight is 383 g/mol. The molecule has 2 fully saturated rings. The molecule has 1 atom stereocenters. The van der Waals surface area contributed by atoms with Gasteiger partial charge in [0.2, 0.25) is 5.91 Å². The zero-order valence-corrected chi connectivity index (χ0v) is 16.6. The molecular formula is C21H29N5O2. The molecule has 1 aromatic heterocycles. The predicted octanol–water partition coefficient (Wildman–Crippen LogP) is 2.22. The van der Waals surface area contributed by atoms with Crippen molar-refractivity contribution in [3.8, 4) is 0 Å². The third-order valence-corrected chi connectivity index (χ3v) is 6.40. The van der Waals surface area contributed by atoms with Gasteiger partial charge in [0.1, 0.15) is 5.54 Å². The number of nitrogens with zero attached hydrogens (tertiary/aromatic N) is 2. The summed E-state index contributed by atoms with van der Waals surface area (Å²) in [6.07, 6.45) is 4.23. The van der Waals surface area contributed by atoms with E-state index in [0.717, 1.165) is 36.0 Å². The van der Waals surface area contributed by atoms with Gasteiger partial charge in [0.05, 0.1) is 6.04 Å². The van der Waals surface area contributed by atoms with E-state index in [1.54, 1.807) is 0 Å². The SMILES string of the molecule is CC(NC(=O)N1CCC2(CC1)C(=O)NCCCN2C)c1ccc2[nH]ccc2c1. The molecule has 3 heterocycles. The molecule has 2 aliphatic heterocycles. The summed E-state index contributed by atoms with van der Waals surface area (Å²) >= 11 is 0. The van der Waals surface area contributed by atoms with Gasteiger partial charge in [-0.2, -0.15) is 0 Å². The highest BCUT2D eigenvalue weighted by Gasteiger charge is 2.46. The summed E-state index contributed by atoms with van der Waals surface area (Å²) in [5.41, 5.74) is 1.70. The van der Waals surface area contributed by atoms with Crippen molar-refractivity contribution < 1.29 is 9.59 Å². The van der Waals surface area contributed by atoms with Crippen molar-refractivity contribution in [1.82, 2.24) is 25.4 Å². The van der Waals surface area contributed by atoms with Crippen LogP contribution in [-0.4, -0.2) is 65.5 Å². The molecule has 28 heavy (non-hydrogen) atoms. The molecule has 2 aromatic rings. The van der Waals surface area contributed by atoms with Gasteiger partial charge in [0.15, 0.2) is 0 Å². The minimum atomic E-state index is -0.474. The Morgan fingerprint density at radius 1 is 1.21 bits per heavy atom. The number of fused-ring (bicyclic) bond motifs is 1. The molecular weight excluding hydrogens is 354 g/mol. The molecule has 0 saturated carbocycles. The summed E-state index contributed by atoms with van der Waals surface area (Å²) < 4.78 is 0. The van der Waals surface area contributed by atoms with E-state index in [1.165, 1.54) is 0 Å². The Balaban J connectivity index is 1.39. The van der Waals surface area contributed by atoms with E-state index in [-0.39, 0.29) is 18.0 Å². The van der Waals surface area contributed by atoms with Gasteiger partial charge in [-0.15, -0.1) is 0 Å². The van der Waals surface area contributed by atoms with Crippen LogP contribution >= 0.6 is 0 Å². The topological polar surface area (TPSA) is 80.5 Å². The fourth-order valence-electron chi connectivity index (χ4n) is 4.46. The Hall–Kier alpha value is -2.54. The van der Waals surface area contributed by atoms with Crippen LogP contribution in [0, 0.1) is 0 Å². The van der Waals surface area contributed by atoms with Gasteiger partial charge in [0.25, 0.3) is 0 Å². The standard InChI is InChI=1S/C21H29N5O2/c1-15(16-4-5-18-17(14-16)6-10-22-18)24-20(28)26-12-7-21(8-13-26)19(27)23-9-3-11-25(21)2/h4-6,10,14-15,22H,3,7-9,11-13H2,1-2H3,(H,23,27)(H,24,28). The first-order valence-electron chi connectivity index (χ1n) is 10.1. The monoisotopic (exact) mass is 383 g/mol. The molecule has 1 unspecified atom stereocenters. The number of carbonyl (C=O) groups is 2. The number of likely N-dealkylation sites (tertiary alicyclic amines) is 1. The number of urea groups is 1. The average Bonchev–Trinajstić information content (AvgIpc) is 3.13. The molecule has 2 saturated heterocycles. The summed E-state index contributed by atoms with van der Waals surface area (Å²) in [5.74, 6) is 0.112. The Morgan fingerprint density at radius 3 is 2.79 bits per heavy atom. The largest absolute Gasteiger partial charge is 0.361 e. The highest BCUT2D eigenvalue weighted by Crippen LogP contribution is 2.30. The second-order valence-electron chi connectivity index (χ2n) is 8.05. The normalized spacial score (nSPS) is 21.4. The van der Waals surface area contributed by atoms with Gasteiger partial charge < -0.3 is 20.5 Å². The summed E-state index contributed by atoms with van der Waals surface area (Å²) in [4.78, 5) is 32.6. The van der Waals surface area contributed by atoms with E-state index in [9.17, 15) is 9.59 Å². The first-order chi connectivity index (χ1) is 13.5. The second-order valence-corrected chi connectivity index (χ2v) is 8.05. The smallest absolute Gasteiger partial charge is 0.317 e. The van der Waals surface area contributed by atoms with E-state index in [2.05, 4.69) is 26.6 Å². The highest BCUT2D eigenvalue weighted by molar-refractivity contribution is 5.87. The highest BCUT2D eigenvalue weighted by atomic mass is 16.2. The maximum atomic E-state index is 12.8. The number of hydrogen-bond donors (Lipinski definition) is 3. The first-order valence-corrected chi connectivity index (χ1v) is 10.1. The Kier molecular flexibility index (Phi) is 5.02. The van der Waals surface area contributed by atoms with Crippen LogP contribution in [0.1, 0.15) is 37.8 Å². The maximum Gasteiger partial charge on any atom is 0.317 e.